The molecular formula is C19H24ClN3O. The monoisotopic (exact) mass is 345 g/mol. The molecule has 5 heteroatoms. The fraction of sp³-hybridized carbons (Fsp3) is 0.526. The first-order chi connectivity index (χ1) is 11.8. The Hall–Kier alpha value is -1.36. The number of hydrogen-bond acceptors (Lipinski definition) is 4. The number of aromatic nitrogens is 1. The van der Waals surface area contributed by atoms with Gasteiger partial charge in [0.2, 0.25) is 5.89 Å². The van der Waals surface area contributed by atoms with Gasteiger partial charge in [0.15, 0.2) is 5.76 Å². The third kappa shape index (κ3) is 3.66. The molecule has 1 aromatic carbocycles. The first-order valence-corrected chi connectivity index (χ1v) is 9.32. The van der Waals surface area contributed by atoms with E-state index in [0.29, 0.717) is 5.02 Å². The van der Waals surface area contributed by atoms with Gasteiger partial charge in [0.05, 0.1) is 12.7 Å². The van der Waals surface area contributed by atoms with Gasteiger partial charge >= 0.3 is 0 Å². The van der Waals surface area contributed by atoms with Crippen LogP contribution in [0, 0.1) is 5.92 Å². The lowest BCUT2D eigenvalue weighted by atomic mass is 9.88. The van der Waals surface area contributed by atoms with E-state index in [0.717, 1.165) is 48.8 Å². The van der Waals surface area contributed by atoms with E-state index in [2.05, 4.69) is 15.2 Å². The van der Waals surface area contributed by atoms with Crippen LogP contribution >= 0.6 is 11.6 Å². The van der Waals surface area contributed by atoms with E-state index in [1.165, 1.54) is 32.2 Å². The molecule has 0 aliphatic carbocycles. The number of oxazole rings is 1. The number of nitrogens with zero attached hydrogens (tertiary/aromatic N) is 2. The summed E-state index contributed by atoms with van der Waals surface area (Å²) in [7, 11) is 0. The molecule has 0 radical (unpaired) electrons. The smallest absolute Gasteiger partial charge is 0.209 e. The summed E-state index contributed by atoms with van der Waals surface area (Å²) in [4.78, 5) is 6.91. The highest BCUT2D eigenvalue weighted by Crippen LogP contribution is 2.27. The molecule has 0 bridgehead atoms. The van der Waals surface area contributed by atoms with Gasteiger partial charge in [0.1, 0.15) is 0 Å². The second-order valence-electron chi connectivity index (χ2n) is 6.95. The zero-order valence-electron chi connectivity index (χ0n) is 13.9. The van der Waals surface area contributed by atoms with Crippen LogP contribution in [0.1, 0.15) is 31.6 Å². The third-order valence-electron chi connectivity index (χ3n) is 5.32. The van der Waals surface area contributed by atoms with Crippen LogP contribution in [0.3, 0.4) is 0 Å². The molecule has 2 aliphatic heterocycles. The normalized spacial score (nSPS) is 23.0. The molecule has 1 aromatic heterocycles. The van der Waals surface area contributed by atoms with Gasteiger partial charge in [0, 0.05) is 16.6 Å². The molecule has 1 atom stereocenters. The number of likely N-dealkylation sites (tertiary alicyclic amines) is 1. The highest BCUT2D eigenvalue weighted by Gasteiger charge is 2.28. The van der Waals surface area contributed by atoms with Crippen molar-refractivity contribution in [3.8, 4) is 11.3 Å². The van der Waals surface area contributed by atoms with Crippen molar-refractivity contribution in [1.82, 2.24) is 15.2 Å². The first kappa shape index (κ1) is 16.1. The Kier molecular flexibility index (Phi) is 4.88. The van der Waals surface area contributed by atoms with Crippen LogP contribution in [-0.2, 0) is 6.54 Å². The summed E-state index contributed by atoms with van der Waals surface area (Å²) in [5.74, 6) is 2.43. The zero-order chi connectivity index (χ0) is 16.4. The first-order valence-electron chi connectivity index (χ1n) is 8.94. The SMILES string of the molecule is Clc1cccc(-c2cnc(CN3CCC(C4CCCN4)CC3)o2)c1. The van der Waals surface area contributed by atoms with Gasteiger partial charge in [-0.15, -0.1) is 0 Å². The van der Waals surface area contributed by atoms with Crippen molar-refractivity contribution >= 4 is 11.6 Å². The number of piperidine rings is 1. The lowest BCUT2D eigenvalue weighted by Gasteiger charge is -2.34. The van der Waals surface area contributed by atoms with Crippen LogP contribution in [0.25, 0.3) is 11.3 Å². The molecule has 4 nitrogen and oxygen atoms in total. The molecule has 2 aliphatic rings. The van der Waals surface area contributed by atoms with Gasteiger partial charge in [0.25, 0.3) is 0 Å². The van der Waals surface area contributed by atoms with E-state index in [-0.39, 0.29) is 0 Å². The molecule has 2 saturated heterocycles. The fourth-order valence-corrected chi connectivity index (χ4v) is 4.17. The predicted molar refractivity (Wildman–Crippen MR) is 96.0 cm³/mol. The summed E-state index contributed by atoms with van der Waals surface area (Å²) in [5, 5.41) is 4.37. The van der Waals surface area contributed by atoms with Crippen LogP contribution in [0.15, 0.2) is 34.9 Å². The highest BCUT2D eigenvalue weighted by molar-refractivity contribution is 6.30. The molecule has 3 heterocycles. The Morgan fingerprint density at radius 2 is 2.12 bits per heavy atom. The van der Waals surface area contributed by atoms with Crippen LogP contribution in [-0.4, -0.2) is 35.6 Å². The zero-order valence-corrected chi connectivity index (χ0v) is 14.6. The van der Waals surface area contributed by atoms with E-state index >= 15 is 0 Å². The molecular weight excluding hydrogens is 322 g/mol. The van der Waals surface area contributed by atoms with Gasteiger partial charge in [-0.3, -0.25) is 4.90 Å². The standard InChI is InChI=1S/C19H24ClN3O/c20-16-4-1-3-15(11-16)18-12-22-19(24-18)13-23-9-6-14(7-10-23)17-5-2-8-21-17/h1,3-4,11-12,14,17,21H,2,5-10,13H2. The molecule has 0 amide bonds. The van der Waals surface area contributed by atoms with Crippen molar-refractivity contribution in [3.05, 3.63) is 41.4 Å². The quantitative estimate of drug-likeness (QED) is 0.910. The fourth-order valence-electron chi connectivity index (χ4n) is 3.98. The average molecular weight is 346 g/mol. The number of hydrogen-bond donors (Lipinski definition) is 1. The van der Waals surface area contributed by atoms with E-state index in [1.54, 1.807) is 6.20 Å². The Bertz CT molecular complexity index is 673. The average Bonchev–Trinajstić information content (AvgIpc) is 3.27. The maximum Gasteiger partial charge on any atom is 0.209 e. The lowest BCUT2D eigenvalue weighted by molar-refractivity contribution is 0.147. The van der Waals surface area contributed by atoms with E-state index in [9.17, 15) is 0 Å². The van der Waals surface area contributed by atoms with E-state index in [1.807, 2.05) is 24.3 Å². The van der Waals surface area contributed by atoms with Crippen molar-refractivity contribution in [1.29, 1.82) is 0 Å². The predicted octanol–water partition coefficient (Wildman–Crippen LogP) is 3.96. The van der Waals surface area contributed by atoms with Gasteiger partial charge in [-0.1, -0.05) is 23.7 Å². The van der Waals surface area contributed by atoms with Gasteiger partial charge in [-0.25, -0.2) is 4.98 Å². The minimum absolute atomic E-state index is 0.716. The Balaban J connectivity index is 1.33. The van der Waals surface area contributed by atoms with Gasteiger partial charge in [-0.2, -0.15) is 0 Å². The van der Waals surface area contributed by atoms with Crippen LogP contribution in [0.4, 0.5) is 0 Å². The molecule has 128 valence electrons. The Labute approximate surface area is 148 Å². The second kappa shape index (κ2) is 7.26. The minimum Gasteiger partial charge on any atom is -0.439 e. The van der Waals surface area contributed by atoms with Gasteiger partial charge in [-0.05, 0) is 63.4 Å². The largest absolute Gasteiger partial charge is 0.439 e. The number of benzene rings is 1. The molecule has 24 heavy (non-hydrogen) atoms. The maximum atomic E-state index is 6.05. The van der Waals surface area contributed by atoms with Crippen molar-refractivity contribution in [2.75, 3.05) is 19.6 Å². The molecule has 1 unspecified atom stereocenters. The Morgan fingerprint density at radius 3 is 2.88 bits per heavy atom. The van der Waals surface area contributed by atoms with Crippen molar-refractivity contribution < 1.29 is 4.42 Å². The van der Waals surface area contributed by atoms with Gasteiger partial charge < -0.3 is 9.73 Å². The van der Waals surface area contributed by atoms with Crippen LogP contribution < -0.4 is 5.32 Å². The topological polar surface area (TPSA) is 41.3 Å². The second-order valence-corrected chi connectivity index (χ2v) is 7.38. The van der Waals surface area contributed by atoms with Crippen LogP contribution in [0.2, 0.25) is 5.02 Å². The molecule has 1 N–H and O–H groups in total. The molecule has 2 fully saturated rings. The van der Waals surface area contributed by atoms with E-state index < -0.39 is 0 Å². The molecule has 0 spiro atoms. The summed E-state index contributed by atoms with van der Waals surface area (Å²) in [5.41, 5.74) is 0.979. The minimum atomic E-state index is 0.716. The van der Waals surface area contributed by atoms with E-state index in [4.69, 9.17) is 16.0 Å². The number of nitrogens with one attached hydrogen (secondary N) is 1. The van der Waals surface area contributed by atoms with Crippen molar-refractivity contribution in [2.45, 2.75) is 38.3 Å². The summed E-state index contributed by atoms with van der Waals surface area (Å²) in [6.45, 7) is 4.27. The number of rotatable bonds is 4. The maximum absolute atomic E-state index is 6.05. The summed E-state index contributed by atoms with van der Waals surface area (Å²) in [6, 6.07) is 8.46. The van der Waals surface area contributed by atoms with Crippen LogP contribution in [0.5, 0.6) is 0 Å². The Morgan fingerprint density at radius 1 is 1.25 bits per heavy atom. The number of halogens is 1. The summed E-state index contributed by atoms with van der Waals surface area (Å²) in [6.07, 6.45) is 7.05. The molecule has 2 aromatic rings. The van der Waals surface area contributed by atoms with Crippen molar-refractivity contribution in [2.24, 2.45) is 5.92 Å². The molecule has 0 saturated carbocycles. The van der Waals surface area contributed by atoms with Crippen molar-refractivity contribution in [3.63, 3.8) is 0 Å². The highest BCUT2D eigenvalue weighted by atomic mass is 35.5. The summed E-state index contributed by atoms with van der Waals surface area (Å²) < 4.78 is 5.93. The molecule has 4 rings (SSSR count). The third-order valence-corrected chi connectivity index (χ3v) is 5.56. The lowest BCUT2D eigenvalue weighted by Crippen LogP contribution is -2.40. The summed E-state index contributed by atoms with van der Waals surface area (Å²) >= 11 is 6.05.